The molecular weight excluding hydrogens is 426 g/mol. The zero-order chi connectivity index (χ0) is 22.5. The van der Waals surface area contributed by atoms with Gasteiger partial charge < -0.3 is 10.4 Å². The van der Waals surface area contributed by atoms with Crippen molar-refractivity contribution in [2.24, 2.45) is 11.0 Å². The Kier molecular flexibility index (Phi) is 6.52. The summed E-state index contributed by atoms with van der Waals surface area (Å²) in [6, 6.07) is 22.2. The van der Waals surface area contributed by atoms with Gasteiger partial charge in [-0.2, -0.15) is 5.10 Å². The molecule has 0 bridgehead atoms. The highest BCUT2D eigenvalue weighted by atomic mass is 35.5. The van der Waals surface area contributed by atoms with Gasteiger partial charge in [0.2, 0.25) is 5.91 Å². The van der Waals surface area contributed by atoms with Crippen LogP contribution in [0.4, 0.5) is 0 Å². The Morgan fingerprint density at radius 3 is 2.66 bits per heavy atom. The Bertz CT molecular complexity index is 1160. The van der Waals surface area contributed by atoms with Crippen molar-refractivity contribution in [3.63, 3.8) is 0 Å². The summed E-state index contributed by atoms with van der Waals surface area (Å²) in [6.07, 6.45) is 1.96. The summed E-state index contributed by atoms with van der Waals surface area (Å²) in [4.78, 5) is 25.0. The van der Waals surface area contributed by atoms with E-state index >= 15 is 0 Å². The van der Waals surface area contributed by atoms with Crippen LogP contribution in [0.15, 0.2) is 77.9 Å². The number of hydrogen-bond donors (Lipinski definition) is 3. The maximum atomic E-state index is 12.7. The Hall–Kier alpha value is -3.64. The van der Waals surface area contributed by atoms with Crippen molar-refractivity contribution in [3.05, 3.63) is 100 Å². The molecule has 3 aromatic rings. The predicted octanol–water partition coefficient (Wildman–Crippen LogP) is 3.62. The molecule has 1 aliphatic heterocycles. The summed E-state index contributed by atoms with van der Waals surface area (Å²) in [5.74, 6) is -1.90. The lowest BCUT2D eigenvalue weighted by molar-refractivity contribution is -0.133. The van der Waals surface area contributed by atoms with Gasteiger partial charge in [-0.25, -0.2) is 5.43 Å². The number of rotatable bonds is 6. The number of nitrogens with one attached hydrogen (secondary N) is 2. The summed E-state index contributed by atoms with van der Waals surface area (Å²) < 4.78 is 0. The third kappa shape index (κ3) is 4.81. The molecule has 2 amide bonds. The number of benzene rings is 3. The van der Waals surface area contributed by atoms with Crippen LogP contribution in [0.2, 0.25) is 5.02 Å². The van der Waals surface area contributed by atoms with Gasteiger partial charge in [0, 0.05) is 23.0 Å². The van der Waals surface area contributed by atoms with Crippen molar-refractivity contribution in [1.82, 2.24) is 10.7 Å². The highest BCUT2D eigenvalue weighted by Gasteiger charge is 2.40. The van der Waals surface area contributed by atoms with Crippen LogP contribution in [0.25, 0.3) is 0 Å². The van der Waals surface area contributed by atoms with Gasteiger partial charge in [-0.1, -0.05) is 66.2 Å². The van der Waals surface area contributed by atoms with Crippen LogP contribution in [0.5, 0.6) is 5.75 Å². The van der Waals surface area contributed by atoms with Gasteiger partial charge in [0.05, 0.1) is 6.21 Å². The Morgan fingerprint density at radius 1 is 1.12 bits per heavy atom. The fourth-order valence-corrected chi connectivity index (χ4v) is 4.05. The number of aromatic hydroxyl groups is 1. The number of halogens is 1. The molecule has 6 nitrogen and oxygen atoms in total. The molecule has 32 heavy (non-hydrogen) atoms. The first-order valence-electron chi connectivity index (χ1n) is 10.2. The maximum Gasteiger partial charge on any atom is 0.253 e. The number of phenolic OH excluding ortho intramolecular Hbond substituents is 1. The molecule has 7 heteroatoms. The van der Waals surface area contributed by atoms with Crippen LogP contribution < -0.4 is 10.7 Å². The highest BCUT2D eigenvalue weighted by Crippen LogP contribution is 2.29. The molecule has 3 N–H and O–H groups in total. The first-order chi connectivity index (χ1) is 15.5. The van der Waals surface area contributed by atoms with Crippen LogP contribution in [-0.4, -0.2) is 29.7 Å². The minimum absolute atomic E-state index is 0.0340. The topological polar surface area (TPSA) is 90.8 Å². The SMILES string of the molecule is O=C1NCC(c2ccccc2)C1C(=O)N/N=C/c1cc(Cc2ccccc2Cl)ccc1O. The van der Waals surface area contributed by atoms with Crippen LogP contribution in [0.3, 0.4) is 0 Å². The Balaban J connectivity index is 1.46. The summed E-state index contributed by atoms with van der Waals surface area (Å²) >= 11 is 6.24. The monoisotopic (exact) mass is 447 g/mol. The van der Waals surface area contributed by atoms with E-state index in [1.807, 2.05) is 60.7 Å². The van der Waals surface area contributed by atoms with Crippen LogP contribution in [-0.2, 0) is 16.0 Å². The molecular formula is C25H22ClN3O3. The number of carbonyl (C=O) groups is 2. The zero-order valence-electron chi connectivity index (χ0n) is 17.2. The molecule has 3 aromatic carbocycles. The first kappa shape index (κ1) is 21.6. The molecule has 1 saturated heterocycles. The predicted molar refractivity (Wildman–Crippen MR) is 124 cm³/mol. The van der Waals surface area contributed by atoms with Crippen LogP contribution >= 0.6 is 11.6 Å². The summed E-state index contributed by atoms with van der Waals surface area (Å²) in [6.45, 7) is 0.398. The van der Waals surface area contributed by atoms with Crippen molar-refractivity contribution >= 4 is 29.6 Å². The molecule has 1 heterocycles. The summed E-state index contributed by atoms with van der Waals surface area (Å²) in [5, 5.41) is 17.6. The number of amides is 2. The van der Waals surface area contributed by atoms with Crippen molar-refractivity contribution in [3.8, 4) is 5.75 Å². The zero-order valence-corrected chi connectivity index (χ0v) is 17.9. The van der Waals surface area contributed by atoms with Gasteiger partial charge in [-0.15, -0.1) is 0 Å². The summed E-state index contributed by atoms with van der Waals surface area (Å²) in [7, 11) is 0. The fraction of sp³-hybridized carbons (Fsp3) is 0.160. The normalized spacial score (nSPS) is 18.0. The lowest BCUT2D eigenvalue weighted by Gasteiger charge is -2.15. The third-order valence-electron chi connectivity index (χ3n) is 5.51. The molecule has 0 saturated carbocycles. The average molecular weight is 448 g/mol. The minimum Gasteiger partial charge on any atom is -0.507 e. The highest BCUT2D eigenvalue weighted by molar-refractivity contribution is 6.31. The second-order valence-corrected chi connectivity index (χ2v) is 8.04. The molecule has 162 valence electrons. The second-order valence-electron chi connectivity index (χ2n) is 7.64. The quantitative estimate of drug-likeness (QED) is 0.306. The third-order valence-corrected chi connectivity index (χ3v) is 5.88. The Morgan fingerprint density at radius 2 is 1.88 bits per heavy atom. The number of nitrogens with zero attached hydrogens (tertiary/aromatic N) is 1. The molecule has 4 rings (SSSR count). The minimum atomic E-state index is -0.866. The van der Waals surface area contributed by atoms with Gasteiger partial charge in [-0.3, -0.25) is 9.59 Å². The standard InChI is InChI=1S/C25H22ClN3O3/c26-21-9-5-4-8-18(21)12-16-10-11-22(30)19(13-16)14-28-29-25(32)23-20(15-27-24(23)31)17-6-2-1-3-7-17/h1-11,13-14,20,23,30H,12,15H2,(H,27,31)(H,29,32)/b28-14+. The van der Waals surface area contributed by atoms with Gasteiger partial charge in [0.15, 0.2) is 0 Å². The number of hydrazone groups is 1. The molecule has 0 aliphatic carbocycles. The molecule has 2 atom stereocenters. The van der Waals surface area contributed by atoms with Gasteiger partial charge >= 0.3 is 0 Å². The van der Waals surface area contributed by atoms with Gasteiger partial charge in [0.1, 0.15) is 11.7 Å². The van der Waals surface area contributed by atoms with Crippen molar-refractivity contribution in [1.29, 1.82) is 0 Å². The number of phenols is 1. The van der Waals surface area contributed by atoms with E-state index in [1.54, 1.807) is 12.1 Å². The van der Waals surface area contributed by atoms with E-state index in [1.165, 1.54) is 6.21 Å². The van der Waals surface area contributed by atoms with E-state index < -0.39 is 11.8 Å². The van der Waals surface area contributed by atoms with E-state index in [9.17, 15) is 14.7 Å². The van der Waals surface area contributed by atoms with Crippen LogP contribution in [0.1, 0.15) is 28.2 Å². The molecule has 2 unspecified atom stereocenters. The van der Waals surface area contributed by atoms with E-state index in [0.717, 1.165) is 16.7 Å². The number of hydrogen-bond acceptors (Lipinski definition) is 4. The number of carbonyl (C=O) groups excluding carboxylic acids is 2. The molecule has 1 aliphatic rings. The molecule has 0 aromatic heterocycles. The smallest absolute Gasteiger partial charge is 0.253 e. The lowest BCUT2D eigenvalue weighted by atomic mass is 9.88. The largest absolute Gasteiger partial charge is 0.507 e. The molecule has 1 fully saturated rings. The van der Waals surface area contributed by atoms with Crippen molar-refractivity contribution < 1.29 is 14.7 Å². The maximum absolute atomic E-state index is 12.7. The molecule has 0 spiro atoms. The summed E-state index contributed by atoms with van der Waals surface area (Å²) in [5.41, 5.74) is 5.71. The van der Waals surface area contributed by atoms with Crippen molar-refractivity contribution in [2.75, 3.05) is 6.54 Å². The van der Waals surface area contributed by atoms with Gasteiger partial charge in [0.25, 0.3) is 5.91 Å². The Labute approximate surface area is 190 Å². The van der Waals surface area contributed by atoms with Gasteiger partial charge in [-0.05, 0) is 41.3 Å². The first-order valence-corrected chi connectivity index (χ1v) is 10.6. The molecule has 0 radical (unpaired) electrons. The van der Waals surface area contributed by atoms with Crippen LogP contribution in [0, 0.1) is 5.92 Å². The lowest BCUT2D eigenvalue weighted by Crippen LogP contribution is -2.34. The van der Waals surface area contributed by atoms with E-state index in [-0.39, 0.29) is 17.6 Å². The average Bonchev–Trinajstić information content (AvgIpc) is 3.19. The fourth-order valence-electron chi connectivity index (χ4n) is 3.85. The van der Waals surface area contributed by atoms with Crippen molar-refractivity contribution in [2.45, 2.75) is 12.3 Å². The van der Waals surface area contributed by atoms with E-state index in [4.69, 9.17) is 11.6 Å². The second kappa shape index (κ2) is 9.66. The van der Waals surface area contributed by atoms with E-state index in [0.29, 0.717) is 23.6 Å². The van der Waals surface area contributed by atoms with E-state index in [2.05, 4.69) is 15.8 Å².